The van der Waals surface area contributed by atoms with E-state index in [9.17, 15) is 4.79 Å². The van der Waals surface area contributed by atoms with E-state index in [4.69, 9.17) is 9.47 Å². The number of ketones is 1. The summed E-state index contributed by atoms with van der Waals surface area (Å²) < 4.78 is 11.7. The molecule has 3 nitrogen and oxygen atoms in total. The predicted molar refractivity (Wildman–Crippen MR) is 76.6 cm³/mol. The molecule has 0 amide bonds. The minimum atomic E-state index is 0.0281. The van der Waals surface area contributed by atoms with Gasteiger partial charge in [0.05, 0.1) is 11.7 Å². The summed E-state index contributed by atoms with van der Waals surface area (Å²) in [7, 11) is 0. The molecule has 0 saturated carbocycles. The average Bonchev–Trinajstić information content (AvgIpc) is 2.92. The number of carbonyl (C=O) groups excluding carboxylic acids is 1. The fraction of sp³-hybridized carbons (Fsp3) is 0.933. The second-order valence-electron chi connectivity index (χ2n) is 6.14. The molecule has 2 unspecified atom stereocenters. The van der Waals surface area contributed by atoms with E-state index in [1.807, 2.05) is 11.8 Å². The van der Waals surface area contributed by atoms with Gasteiger partial charge in [0.1, 0.15) is 5.78 Å². The van der Waals surface area contributed by atoms with Crippen LogP contribution in [0.2, 0.25) is 0 Å². The van der Waals surface area contributed by atoms with Crippen molar-refractivity contribution in [2.45, 2.75) is 56.7 Å². The molecule has 3 saturated heterocycles. The van der Waals surface area contributed by atoms with Crippen LogP contribution in [0.3, 0.4) is 0 Å². The summed E-state index contributed by atoms with van der Waals surface area (Å²) in [6.45, 7) is 1.61. The summed E-state index contributed by atoms with van der Waals surface area (Å²) >= 11 is 2.01. The van der Waals surface area contributed by atoms with Gasteiger partial charge in [0.25, 0.3) is 0 Å². The van der Waals surface area contributed by atoms with Gasteiger partial charge in [-0.3, -0.25) is 4.79 Å². The summed E-state index contributed by atoms with van der Waals surface area (Å²) in [5.41, 5.74) is 0.0281. The van der Waals surface area contributed by atoms with E-state index in [-0.39, 0.29) is 17.6 Å². The van der Waals surface area contributed by atoms with Gasteiger partial charge in [-0.25, -0.2) is 0 Å². The fourth-order valence-electron chi connectivity index (χ4n) is 3.59. The maximum Gasteiger partial charge on any atom is 0.138 e. The van der Waals surface area contributed by atoms with Crippen molar-refractivity contribution < 1.29 is 14.3 Å². The topological polar surface area (TPSA) is 35.5 Å². The second kappa shape index (κ2) is 6.15. The van der Waals surface area contributed by atoms with E-state index in [1.165, 1.54) is 11.5 Å². The van der Waals surface area contributed by atoms with Gasteiger partial charge in [-0.2, -0.15) is 11.8 Å². The largest absolute Gasteiger partial charge is 0.378 e. The van der Waals surface area contributed by atoms with Gasteiger partial charge in [0.15, 0.2) is 0 Å². The number of ether oxygens (including phenoxy) is 2. The highest BCUT2D eigenvalue weighted by atomic mass is 32.2. The Hall–Kier alpha value is -0.0600. The van der Waals surface area contributed by atoms with Crippen LogP contribution in [0.1, 0.15) is 44.9 Å². The number of carbonyl (C=O) groups is 1. The van der Waals surface area contributed by atoms with Gasteiger partial charge in [-0.15, -0.1) is 0 Å². The summed E-state index contributed by atoms with van der Waals surface area (Å²) in [6.07, 6.45) is 7.15. The van der Waals surface area contributed by atoms with Crippen LogP contribution in [0.4, 0.5) is 0 Å². The Labute approximate surface area is 119 Å². The van der Waals surface area contributed by atoms with Crippen molar-refractivity contribution in [1.29, 1.82) is 0 Å². The molecule has 0 radical (unpaired) electrons. The molecule has 0 bridgehead atoms. The first-order valence-corrected chi connectivity index (χ1v) is 8.79. The van der Waals surface area contributed by atoms with Crippen LogP contribution in [0.5, 0.6) is 0 Å². The average molecular weight is 284 g/mol. The fourth-order valence-corrected chi connectivity index (χ4v) is 4.83. The predicted octanol–water partition coefficient (Wildman–Crippen LogP) is 2.82. The van der Waals surface area contributed by atoms with Crippen LogP contribution < -0.4 is 0 Å². The molecular weight excluding hydrogens is 260 g/mol. The van der Waals surface area contributed by atoms with Gasteiger partial charge < -0.3 is 9.47 Å². The molecule has 3 fully saturated rings. The lowest BCUT2D eigenvalue weighted by molar-refractivity contribution is -0.140. The van der Waals surface area contributed by atoms with E-state index >= 15 is 0 Å². The smallest absolute Gasteiger partial charge is 0.138 e. The summed E-state index contributed by atoms with van der Waals surface area (Å²) in [4.78, 5) is 12.4. The SMILES string of the molecule is O=C(CC1CCCO1)C1CCOC2(CCSCC2)C1. The first-order chi connectivity index (χ1) is 9.27. The van der Waals surface area contributed by atoms with Crippen molar-refractivity contribution in [3.63, 3.8) is 0 Å². The summed E-state index contributed by atoms with van der Waals surface area (Å²) in [5.74, 6) is 3.02. The Morgan fingerprint density at radius 3 is 2.79 bits per heavy atom. The lowest BCUT2D eigenvalue weighted by Gasteiger charge is -2.43. The first kappa shape index (κ1) is 13.9. The maximum atomic E-state index is 12.4. The lowest BCUT2D eigenvalue weighted by atomic mass is 9.79. The number of hydrogen-bond acceptors (Lipinski definition) is 4. The van der Waals surface area contributed by atoms with E-state index in [0.717, 1.165) is 51.7 Å². The van der Waals surface area contributed by atoms with Crippen molar-refractivity contribution in [1.82, 2.24) is 0 Å². The van der Waals surface area contributed by atoms with Crippen molar-refractivity contribution in [3.8, 4) is 0 Å². The number of hydrogen-bond donors (Lipinski definition) is 0. The Balaban J connectivity index is 1.56. The molecule has 2 atom stereocenters. The normalized spacial score (nSPS) is 34.5. The van der Waals surface area contributed by atoms with E-state index in [2.05, 4.69) is 0 Å². The Morgan fingerprint density at radius 2 is 2.05 bits per heavy atom. The third-order valence-corrected chi connectivity index (χ3v) is 5.79. The van der Waals surface area contributed by atoms with Crippen LogP contribution in [0.15, 0.2) is 0 Å². The monoisotopic (exact) mass is 284 g/mol. The van der Waals surface area contributed by atoms with Crippen LogP contribution in [0, 0.1) is 5.92 Å². The van der Waals surface area contributed by atoms with Gasteiger partial charge in [-0.1, -0.05) is 0 Å². The van der Waals surface area contributed by atoms with Crippen molar-refractivity contribution in [2.75, 3.05) is 24.7 Å². The second-order valence-corrected chi connectivity index (χ2v) is 7.36. The molecule has 0 N–H and O–H groups in total. The number of Topliss-reactive ketones (excluding diaryl/α,β-unsaturated/α-hetero) is 1. The highest BCUT2D eigenvalue weighted by Crippen LogP contribution is 2.40. The summed E-state index contributed by atoms with van der Waals surface area (Å²) in [6, 6.07) is 0. The van der Waals surface area contributed by atoms with Crippen molar-refractivity contribution in [3.05, 3.63) is 0 Å². The quantitative estimate of drug-likeness (QED) is 0.798. The molecule has 0 aromatic heterocycles. The van der Waals surface area contributed by atoms with Crippen molar-refractivity contribution >= 4 is 17.5 Å². The molecule has 108 valence electrons. The molecule has 3 heterocycles. The van der Waals surface area contributed by atoms with E-state index < -0.39 is 0 Å². The van der Waals surface area contributed by atoms with Gasteiger partial charge in [0.2, 0.25) is 0 Å². The number of thioether (sulfide) groups is 1. The highest BCUT2D eigenvalue weighted by Gasteiger charge is 2.41. The third kappa shape index (κ3) is 3.34. The molecule has 3 aliphatic heterocycles. The van der Waals surface area contributed by atoms with Crippen molar-refractivity contribution in [2.24, 2.45) is 5.92 Å². The van der Waals surface area contributed by atoms with Gasteiger partial charge >= 0.3 is 0 Å². The minimum Gasteiger partial charge on any atom is -0.378 e. The van der Waals surface area contributed by atoms with Crippen LogP contribution in [0.25, 0.3) is 0 Å². The van der Waals surface area contributed by atoms with Crippen LogP contribution in [-0.2, 0) is 14.3 Å². The van der Waals surface area contributed by atoms with Crippen LogP contribution in [-0.4, -0.2) is 42.2 Å². The molecule has 0 aliphatic carbocycles. The van der Waals surface area contributed by atoms with E-state index in [1.54, 1.807) is 0 Å². The maximum absolute atomic E-state index is 12.4. The zero-order valence-corrected chi connectivity index (χ0v) is 12.4. The minimum absolute atomic E-state index is 0.0281. The molecule has 0 aromatic rings. The Morgan fingerprint density at radius 1 is 1.21 bits per heavy atom. The molecular formula is C15H24O3S. The van der Waals surface area contributed by atoms with E-state index in [0.29, 0.717) is 12.2 Å². The zero-order valence-electron chi connectivity index (χ0n) is 11.6. The van der Waals surface area contributed by atoms with Gasteiger partial charge in [0, 0.05) is 25.6 Å². The lowest BCUT2D eigenvalue weighted by Crippen LogP contribution is -2.44. The standard InChI is InChI=1S/C15H24O3S/c16-14(10-13-2-1-6-17-13)12-3-7-18-15(11-12)4-8-19-9-5-15/h12-13H,1-11H2. The third-order valence-electron chi connectivity index (χ3n) is 4.81. The molecule has 19 heavy (non-hydrogen) atoms. The Bertz CT molecular complexity index is 314. The van der Waals surface area contributed by atoms with Crippen LogP contribution >= 0.6 is 11.8 Å². The van der Waals surface area contributed by atoms with Gasteiger partial charge in [-0.05, 0) is 50.0 Å². The molecule has 3 aliphatic rings. The summed E-state index contributed by atoms with van der Waals surface area (Å²) in [5, 5.41) is 0. The highest BCUT2D eigenvalue weighted by molar-refractivity contribution is 7.99. The first-order valence-electron chi connectivity index (χ1n) is 7.63. The number of rotatable bonds is 3. The molecule has 0 aromatic carbocycles. The molecule has 4 heteroatoms. The molecule has 1 spiro atoms. The Kier molecular flexibility index (Phi) is 4.50. The zero-order chi connectivity index (χ0) is 13.1. The molecule has 3 rings (SSSR count).